The van der Waals surface area contributed by atoms with Crippen molar-refractivity contribution in [1.82, 2.24) is 14.4 Å². The summed E-state index contributed by atoms with van der Waals surface area (Å²) in [7, 11) is -2.45. The maximum atomic E-state index is 13.4. The zero-order chi connectivity index (χ0) is 27.8. The molecule has 11 nitrogen and oxygen atoms in total. The lowest BCUT2D eigenvalue weighted by Gasteiger charge is -2.33. The van der Waals surface area contributed by atoms with Gasteiger partial charge in [-0.1, -0.05) is 12.1 Å². The summed E-state index contributed by atoms with van der Waals surface area (Å²) >= 11 is 0. The fourth-order valence-electron chi connectivity index (χ4n) is 4.67. The molecule has 1 aliphatic heterocycles. The first kappa shape index (κ1) is 28.1. The largest absolute Gasteiger partial charge is 0.488 e. The van der Waals surface area contributed by atoms with Crippen molar-refractivity contribution in [2.75, 3.05) is 32.1 Å². The van der Waals surface area contributed by atoms with E-state index >= 15 is 0 Å². The van der Waals surface area contributed by atoms with Crippen molar-refractivity contribution >= 4 is 27.5 Å². The number of carbonyl (C=O) groups is 2. The van der Waals surface area contributed by atoms with Gasteiger partial charge >= 0.3 is 0 Å². The fourth-order valence-corrected chi connectivity index (χ4v) is 6.13. The van der Waals surface area contributed by atoms with Gasteiger partial charge in [0, 0.05) is 36.7 Å². The summed E-state index contributed by atoms with van der Waals surface area (Å²) < 4.78 is 39.5. The van der Waals surface area contributed by atoms with Gasteiger partial charge in [0.2, 0.25) is 21.8 Å². The summed E-state index contributed by atoms with van der Waals surface area (Å²) in [6.07, 6.45) is 1.13. The number of aliphatic hydroxyl groups is 1. The number of benzene rings is 1. The Hall–Kier alpha value is -2.96. The van der Waals surface area contributed by atoms with Crippen LogP contribution in [0, 0.1) is 25.7 Å². The second-order valence-corrected chi connectivity index (χ2v) is 12.4. The standard InChI is InChI=1S/C26H36N4O7S/c1-15-12-30(16(2)14-31)24(32)11-20-10-21(27-26(33)19-6-7-19)8-9-22(20)36-23(15)13-29(5)38(34,35)25-17(3)28-37-18(25)4/h8-10,15-16,19,23,31H,6-7,11-14H2,1-5H3,(H,27,33)/t15-,16+,23+/m1/s1. The Morgan fingerprint density at radius 3 is 2.63 bits per heavy atom. The lowest BCUT2D eigenvalue weighted by atomic mass is 10.0. The number of anilines is 1. The molecule has 1 aromatic carbocycles. The van der Waals surface area contributed by atoms with E-state index in [4.69, 9.17) is 9.26 Å². The molecule has 2 aromatic rings. The molecule has 2 amide bonds. The van der Waals surface area contributed by atoms with Crippen molar-refractivity contribution in [1.29, 1.82) is 0 Å². The Morgan fingerprint density at radius 2 is 2.03 bits per heavy atom. The van der Waals surface area contributed by atoms with Crippen LogP contribution in [-0.4, -0.2) is 78.6 Å². The first-order valence-corrected chi connectivity index (χ1v) is 14.3. The predicted molar refractivity (Wildman–Crippen MR) is 139 cm³/mol. The molecule has 3 atom stereocenters. The van der Waals surface area contributed by atoms with E-state index in [9.17, 15) is 23.1 Å². The number of sulfonamides is 1. The van der Waals surface area contributed by atoms with Crippen LogP contribution in [0.4, 0.5) is 5.69 Å². The highest BCUT2D eigenvalue weighted by Crippen LogP contribution is 2.33. The number of hydrogen-bond acceptors (Lipinski definition) is 8. The average Bonchev–Trinajstić information content (AvgIpc) is 3.65. The SMILES string of the molecule is Cc1noc(C)c1S(=O)(=O)N(C)C[C@@H]1Oc2ccc(NC(=O)C3CC3)cc2CC(=O)N([C@@H](C)CO)C[C@H]1C. The van der Waals surface area contributed by atoms with E-state index in [1.165, 1.54) is 11.4 Å². The lowest BCUT2D eigenvalue weighted by molar-refractivity contribution is -0.134. The Balaban J connectivity index is 1.66. The van der Waals surface area contributed by atoms with E-state index in [2.05, 4.69) is 10.5 Å². The van der Waals surface area contributed by atoms with E-state index in [0.29, 0.717) is 17.0 Å². The highest BCUT2D eigenvalue weighted by molar-refractivity contribution is 7.89. The van der Waals surface area contributed by atoms with Gasteiger partial charge in [-0.15, -0.1) is 0 Å². The van der Waals surface area contributed by atoms with Gasteiger partial charge in [0.1, 0.15) is 22.4 Å². The Kier molecular flexibility index (Phi) is 8.15. The van der Waals surface area contributed by atoms with Gasteiger partial charge in [-0.2, -0.15) is 4.31 Å². The number of rotatable bonds is 8. The lowest BCUT2D eigenvalue weighted by Crippen LogP contribution is -2.48. The first-order chi connectivity index (χ1) is 17.9. The van der Waals surface area contributed by atoms with Crippen molar-refractivity contribution in [3.63, 3.8) is 0 Å². The molecule has 0 radical (unpaired) electrons. The van der Waals surface area contributed by atoms with Crippen LogP contribution < -0.4 is 10.1 Å². The van der Waals surface area contributed by atoms with Crippen LogP contribution in [0.5, 0.6) is 5.75 Å². The zero-order valence-corrected chi connectivity index (χ0v) is 23.2. The molecule has 1 saturated carbocycles. The van der Waals surface area contributed by atoms with Crippen LogP contribution in [0.3, 0.4) is 0 Å². The Bertz CT molecular complexity index is 1290. The van der Waals surface area contributed by atoms with Gasteiger partial charge in [0.05, 0.1) is 25.6 Å². The van der Waals surface area contributed by atoms with Crippen molar-refractivity contribution in [3.05, 3.63) is 35.2 Å². The highest BCUT2D eigenvalue weighted by atomic mass is 32.2. The normalized spacial score (nSPS) is 21.2. The quantitative estimate of drug-likeness (QED) is 0.511. The molecule has 38 heavy (non-hydrogen) atoms. The summed E-state index contributed by atoms with van der Waals surface area (Å²) in [5.74, 6) is 0.160. The molecule has 2 heterocycles. The molecular weight excluding hydrogens is 512 g/mol. The maximum Gasteiger partial charge on any atom is 0.248 e. The highest BCUT2D eigenvalue weighted by Gasteiger charge is 2.35. The Morgan fingerprint density at radius 1 is 1.32 bits per heavy atom. The number of ether oxygens (including phenoxy) is 1. The Labute approximate surface area is 223 Å². The molecule has 4 rings (SSSR count). The van der Waals surface area contributed by atoms with Gasteiger partial charge in [0.25, 0.3) is 0 Å². The van der Waals surface area contributed by atoms with Gasteiger partial charge in [-0.3, -0.25) is 9.59 Å². The van der Waals surface area contributed by atoms with Crippen LogP contribution >= 0.6 is 0 Å². The van der Waals surface area contributed by atoms with Crippen molar-refractivity contribution < 1.29 is 32.4 Å². The molecule has 12 heteroatoms. The number of likely N-dealkylation sites (N-methyl/N-ethyl adjacent to an activating group) is 1. The van der Waals surface area contributed by atoms with E-state index in [1.807, 2.05) is 6.92 Å². The molecule has 2 aliphatic rings. The van der Waals surface area contributed by atoms with Crippen molar-refractivity contribution in [2.24, 2.45) is 11.8 Å². The number of fused-ring (bicyclic) bond motifs is 1. The summed E-state index contributed by atoms with van der Waals surface area (Å²) in [5, 5.41) is 16.5. The molecule has 208 valence electrons. The molecule has 1 aliphatic carbocycles. The van der Waals surface area contributed by atoms with Crippen LogP contribution in [0.1, 0.15) is 43.7 Å². The predicted octanol–water partition coefficient (Wildman–Crippen LogP) is 2.11. The zero-order valence-electron chi connectivity index (χ0n) is 22.4. The van der Waals surface area contributed by atoms with Gasteiger partial charge in [-0.05, 0) is 51.8 Å². The number of nitrogens with zero attached hydrogens (tertiary/aromatic N) is 3. The van der Waals surface area contributed by atoms with Gasteiger partial charge in [-0.25, -0.2) is 8.42 Å². The fraction of sp³-hybridized carbons (Fsp3) is 0.577. The first-order valence-electron chi connectivity index (χ1n) is 12.8. The minimum absolute atomic E-state index is 0.00268. The molecule has 0 saturated heterocycles. The van der Waals surface area contributed by atoms with Gasteiger partial charge in [0.15, 0.2) is 5.76 Å². The molecule has 0 spiro atoms. The number of aryl methyl sites for hydroxylation is 2. The van der Waals surface area contributed by atoms with Gasteiger partial charge < -0.3 is 24.6 Å². The molecule has 1 fully saturated rings. The smallest absolute Gasteiger partial charge is 0.248 e. The number of aliphatic hydroxyl groups excluding tert-OH is 1. The summed E-state index contributed by atoms with van der Waals surface area (Å²) in [4.78, 5) is 27.3. The number of amides is 2. The minimum Gasteiger partial charge on any atom is -0.488 e. The summed E-state index contributed by atoms with van der Waals surface area (Å²) in [5.41, 5.74) is 1.42. The third-order valence-electron chi connectivity index (χ3n) is 7.21. The summed E-state index contributed by atoms with van der Waals surface area (Å²) in [6, 6.07) is 4.72. The monoisotopic (exact) mass is 548 g/mol. The topological polar surface area (TPSA) is 142 Å². The third-order valence-corrected chi connectivity index (χ3v) is 9.27. The number of aromatic nitrogens is 1. The van der Waals surface area contributed by atoms with Crippen molar-refractivity contribution in [2.45, 2.75) is 64.0 Å². The second-order valence-electron chi connectivity index (χ2n) is 10.4. The molecule has 0 bridgehead atoms. The molecule has 2 N–H and O–H groups in total. The average molecular weight is 549 g/mol. The van der Waals surface area contributed by atoms with Crippen LogP contribution in [-0.2, 0) is 26.0 Å². The van der Waals surface area contributed by atoms with E-state index < -0.39 is 22.2 Å². The van der Waals surface area contributed by atoms with E-state index in [0.717, 1.165) is 12.8 Å². The molecular formula is C26H36N4O7S. The van der Waals surface area contributed by atoms with E-state index in [1.54, 1.807) is 43.9 Å². The number of nitrogens with one attached hydrogen (secondary N) is 1. The number of hydrogen-bond donors (Lipinski definition) is 2. The minimum atomic E-state index is -3.93. The van der Waals surface area contributed by atoms with Crippen LogP contribution in [0.25, 0.3) is 0 Å². The van der Waals surface area contributed by atoms with Crippen molar-refractivity contribution in [3.8, 4) is 5.75 Å². The van der Waals surface area contributed by atoms with Crippen LogP contribution in [0.2, 0.25) is 0 Å². The number of carbonyl (C=O) groups excluding carboxylic acids is 2. The van der Waals surface area contributed by atoms with Crippen LogP contribution in [0.15, 0.2) is 27.6 Å². The second kappa shape index (κ2) is 11.0. The summed E-state index contributed by atoms with van der Waals surface area (Å²) in [6.45, 7) is 6.84. The van der Waals surface area contributed by atoms with E-state index in [-0.39, 0.29) is 66.1 Å². The maximum absolute atomic E-state index is 13.4. The third kappa shape index (κ3) is 5.87. The molecule has 0 unspecified atom stereocenters. The molecule has 1 aromatic heterocycles.